The summed E-state index contributed by atoms with van der Waals surface area (Å²) < 4.78 is 17.7. The first-order valence-corrected chi connectivity index (χ1v) is 18.8. The average molecular weight is 636 g/mol. The van der Waals surface area contributed by atoms with E-state index in [-0.39, 0.29) is 48.6 Å². The Balaban J connectivity index is 1.14. The lowest BCUT2D eigenvalue weighted by Gasteiger charge is -2.24. The summed E-state index contributed by atoms with van der Waals surface area (Å²) in [5, 5.41) is 24.7. The zero-order valence-corrected chi connectivity index (χ0v) is 28.5. The van der Waals surface area contributed by atoms with Crippen LogP contribution in [0.15, 0.2) is 16.8 Å². The lowest BCUT2D eigenvalue weighted by molar-refractivity contribution is -0.139. The molecule has 0 saturated carbocycles. The molecule has 0 radical (unpaired) electrons. The van der Waals surface area contributed by atoms with Gasteiger partial charge in [0.05, 0.1) is 42.7 Å². The zero-order chi connectivity index (χ0) is 32.3. The maximum Gasteiger partial charge on any atom is 0.334 e. The molecular formula is C37H65NO7. The Labute approximate surface area is 273 Å². The molecule has 3 rings (SSSR count). The molecule has 2 saturated heterocycles. The first kappa shape index (κ1) is 38.1. The maximum atomic E-state index is 11.7. The van der Waals surface area contributed by atoms with Crippen LogP contribution < -0.4 is 0 Å². The fourth-order valence-electron chi connectivity index (χ4n) is 7.37. The quantitative estimate of drug-likeness (QED) is 0.0555. The number of hydrogen-bond donors (Lipinski definition) is 2. The van der Waals surface area contributed by atoms with Gasteiger partial charge in [-0.25, -0.2) is 4.79 Å². The van der Waals surface area contributed by atoms with E-state index in [1.165, 1.54) is 64.2 Å². The normalized spacial score (nSPS) is 27.0. The first-order chi connectivity index (χ1) is 21.9. The second-order valence-corrected chi connectivity index (χ2v) is 14.2. The van der Waals surface area contributed by atoms with Crippen molar-refractivity contribution >= 4 is 5.97 Å². The van der Waals surface area contributed by atoms with E-state index in [0.29, 0.717) is 12.0 Å². The van der Waals surface area contributed by atoms with Crippen molar-refractivity contribution in [2.75, 3.05) is 0 Å². The van der Waals surface area contributed by atoms with E-state index < -0.39 is 6.10 Å². The van der Waals surface area contributed by atoms with Crippen LogP contribution in [0.3, 0.4) is 0 Å². The van der Waals surface area contributed by atoms with Gasteiger partial charge in [0.15, 0.2) is 0 Å². The Bertz CT molecular complexity index is 851. The van der Waals surface area contributed by atoms with Crippen molar-refractivity contribution < 1.29 is 29.2 Å². The van der Waals surface area contributed by atoms with Crippen LogP contribution >= 0.6 is 0 Å². The highest BCUT2D eigenvalue weighted by Crippen LogP contribution is 2.34. The van der Waals surface area contributed by atoms with Gasteiger partial charge in [0.2, 0.25) is 0 Å². The molecule has 45 heavy (non-hydrogen) atoms. The number of unbranched alkanes of at least 4 members (excludes halogenated alkanes) is 14. The molecule has 1 unspecified atom stereocenters. The average Bonchev–Trinajstić information content (AvgIpc) is 3.79. The summed E-state index contributed by atoms with van der Waals surface area (Å²) in [6, 6.07) is -0.343. The fraction of sp³-hybridized carbons (Fsp3) is 0.919. The Morgan fingerprint density at radius 3 is 1.58 bits per heavy atom. The minimum Gasteiger partial charge on any atom is -0.455 e. The van der Waals surface area contributed by atoms with Crippen LogP contribution in [0.25, 0.3) is 0 Å². The summed E-state index contributed by atoms with van der Waals surface area (Å²) in [4.78, 5) is 22.9. The SMILES string of the molecule is CCCCCCCCCC[C@H](O)[C@H]1CC[C@@H]([C@@H]2CC[C@H]([C@H](O)CCCCCCCCCCC(CC3=C[C@H](C)OC3=O)N=O)O2)O1. The first-order valence-electron chi connectivity index (χ1n) is 18.8. The van der Waals surface area contributed by atoms with Gasteiger partial charge in [-0.1, -0.05) is 115 Å². The number of hydrogen-bond acceptors (Lipinski definition) is 8. The Morgan fingerprint density at radius 1 is 0.711 bits per heavy atom. The van der Waals surface area contributed by atoms with Crippen LogP contribution in [-0.4, -0.2) is 65.0 Å². The summed E-state index contributed by atoms with van der Waals surface area (Å²) in [6.07, 6.45) is 26.2. The van der Waals surface area contributed by atoms with Crippen LogP contribution in [-0.2, 0) is 19.0 Å². The number of nitroso groups, excluding NO2 is 1. The maximum absolute atomic E-state index is 11.7. The summed E-state index contributed by atoms with van der Waals surface area (Å²) >= 11 is 0. The number of carbonyl (C=O) groups excluding carboxylic acids is 1. The molecular weight excluding hydrogens is 570 g/mol. The molecule has 3 aliphatic heterocycles. The Morgan fingerprint density at radius 2 is 1.16 bits per heavy atom. The van der Waals surface area contributed by atoms with Crippen LogP contribution in [0.4, 0.5) is 0 Å². The number of rotatable bonds is 26. The molecule has 3 heterocycles. The second-order valence-electron chi connectivity index (χ2n) is 14.2. The summed E-state index contributed by atoms with van der Waals surface area (Å²) in [5.74, 6) is -0.309. The fourth-order valence-corrected chi connectivity index (χ4v) is 7.37. The van der Waals surface area contributed by atoms with Crippen molar-refractivity contribution in [1.82, 2.24) is 0 Å². The van der Waals surface area contributed by atoms with Gasteiger partial charge in [-0.05, 0) is 57.9 Å². The highest BCUT2D eigenvalue weighted by atomic mass is 16.6. The molecule has 0 amide bonds. The number of ether oxygens (including phenoxy) is 3. The number of aliphatic hydroxyl groups is 2. The van der Waals surface area contributed by atoms with Gasteiger partial charge in [0.25, 0.3) is 0 Å². The summed E-state index contributed by atoms with van der Waals surface area (Å²) in [6.45, 7) is 4.07. The molecule has 2 fully saturated rings. The van der Waals surface area contributed by atoms with E-state index >= 15 is 0 Å². The third-order valence-corrected chi connectivity index (χ3v) is 10.2. The second kappa shape index (κ2) is 22.3. The van der Waals surface area contributed by atoms with Gasteiger partial charge in [-0.15, -0.1) is 0 Å². The number of aliphatic hydroxyl groups excluding tert-OH is 2. The lowest BCUT2D eigenvalue weighted by atomic mass is 9.99. The van der Waals surface area contributed by atoms with Crippen molar-refractivity contribution in [2.24, 2.45) is 5.18 Å². The van der Waals surface area contributed by atoms with Gasteiger partial charge in [0, 0.05) is 12.0 Å². The highest BCUT2D eigenvalue weighted by Gasteiger charge is 2.40. The van der Waals surface area contributed by atoms with Gasteiger partial charge in [-0.2, -0.15) is 4.91 Å². The van der Waals surface area contributed by atoms with Crippen LogP contribution in [0.1, 0.15) is 168 Å². The standard InChI is InChI=1S/C37H65NO7/c1-3-4-5-6-7-11-14-17-20-31(39)33-22-24-35(44-33)36-25-23-34(45-36)32(40)21-18-15-12-9-8-10-13-16-19-30(38-42)27-29-26-28(2)43-37(29)41/h26,28,30-36,39-40H,3-25,27H2,1-2H3/t28-,30?,31-,32+,33+,34+,35-,36-/m0/s1. The van der Waals surface area contributed by atoms with Crippen LogP contribution in [0.2, 0.25) is 0 Å². The molecule has 0 aliphatic carbocycles. The van der Waals surface area contributed by atoms with E-state index in [4.69, 9.17) is 14.2 Å². The molecule has 0 spiro atoms. The monoisotopic (exact) mass is 635 g/mol. The molecule has 260 valence electrons. The summed E-state index contributed by atoms with van der Waals surface area (Å²) in [7, 11) is 0. The number of esters is 1. The van der Waals surface area contributed by atoms with Crippen LogP contribution in [0.5, 0.6) is 0 Å². The van der Waals surface area contributed by atoms with Gasteiger partial charge < -0.3 is 24.4 Å². The summed E-state index contributed by atoms with van der Waals surface area (Å²) in [5.41, 5.74) is 0.591. The minimum absolute atomic E-state index is 0.0440. The predicted octanol–water partition coefficient (Wildman–Crippen LogP) is 8.63. The van der Waals surface area contributed by atoms with E-state index in [9.17, 15) is 19.9 Å². The van der Waals surface area contributed by atoms with Crippen molar-refractivity contribution in [3.8, 4) is 0 Å². The van der Waals surface area contributed by atoms with E-state index in [2.05, 4.69) is 12.1 Å². The highest BCUT2D eigenvalue weighted by molar-refractivity contribution is 5.90. The Hall–Kier alpha value is -1.35. The molecule has 3 aliphatic rings. The van der Waals surface area contributed by atoms with E-state index in [1.807, 2.05) is 6.92 Å². The Kier molecular flexibility index (Phi) is 18.8. The lowest BCUT2D eigenvalue weighted by Crippen LogP contribution is -2.33. The van der Waals surface area contributed by atoms with Gasteiger partial charge in [0.1, 0.15) is 6.10 Å². The van der Waals surface area contributed by atoms with Crippen LogP contribution in [0, 0.1) is 4.91 Å². The van der Waals surface area contributed by atoms with Gasteiger partial charge in [-0.3, -0.25) is 0 Å². The van der Waals surface area contributed by atoms with Crippen molar-refractivity contribution in [3.05, 3.63) is 16.6 Å². The molecule has 8 heteroatoms. The molecule has 2 N–H and O–H groups in total. The van der Waals surface area contributed by atoms with Crippen molar-refractivity contribution in [2.45, 2.75) is 217 Å². The number of cyclic esters (lactones) is 1. The van der Waals surface area contributed by atoms with Gasteiger partial charge >= 0.3 is 5.97 Å². The number of nitrogens with zero attached hydrogens (tertiary/aromatic N) is 1. The van der Waals surface area contributed by atoms with E-state index in [0.717, 1.165) is 83.5 Å². The topological polar surface area (TPSA) is 115 Å². The zero-order valence-electron chi connectivity index (χ0n) is 28.5. The molecule has 0 aromatic carbocycles. The van der Waals surface area contributed by atoms with Crippen molar-refractivity contribution in [1.29, 1.82) is 0 Å². The molecule has 0 bridgehead atoms. The third kappa shape index (κ3) is 14.5. The molecule has 8 nitrogen and oxygen atoms in total. The van der Waals surface area contributed by atoms with E-state index in [1.54, 1.807) is 6.08 Å². The number of carbonyl (C=O) groups is 1. The largest absolute Gasteiger partial charge is 0.455 e. The third-order valence-electron chi connectivity index (χ3n) is 10.2. The predicted molar refractivity (Wildman–Crippen MR) is 179 cm³/mol. The molecule has 0 aromatic heterocycles. The smallest absolute Gasteiger partial charge is 0.334 e. The van der Waals surface area contributed by atoms with Crippen molar-refractivity contribution in [3.63, 3.8) is 0 Å². The molecule has 0 aromatic rings. The molecule has 8 atom stereocenters. The minimum atomic E-state index is -0.413.